The number of benzene rings is 2. The maximum absolute atomic E-state index is 12.6. The van der Waals surface area contributed by atoms with Crippen molar-refractivity contribution >= 4 is 35.0 Å². The summed E-state index contributed by atoms with van der Waals surface area (Å²) in [5.74, 6) is 1.69. The summed E-state index contributed by atoms with van der Waals surface area (Å²) in [4.78, 5) is 12.6. The molecule has 7 nitrogen and oxygen atoms in total. The number of methoxy groups -OCH3 is 1. The van der Waals surface area contributed by atoms with E-state index in [0.29, 0.717) is 39.7 Å². The van der Waals surface area contributed by atoms with Crippen molar-refractivity contribution in [1.29, 1.82) is 0 Å². The molecule has 0 spiro atoms. The maximum Gasteiger partial charge on any atom is 0.234 e. The van der Waals surface area contributed by atoms with E-state index >= 15 is 0 Å². The lowest BCUT2D eigenvalue weighted by Crippen LogP contribution is -2.15. The number of thioether (sulfide) groups is 1. The van der Waals surface area contributed by atoms with Crippen LogP contribution in [-0.2, 0) is 11.3 Å². The highest BCUT2D eigenvalue weighted by Gasteiger charge is 2.18. The summed E-state index contributed by atoms with van der Waals surface area (Å²) >= 11 is 7.33. The molecule has 0 aliphatic carbocycles. The molecule has 0 saturated heterocycles. The summed E-state index contributed by atoms with van der Waals surface area (Å²) in [7, 11) is 1.54. The Bertz CT molecular complexity index is 1160. The van der Waals surface area contributed by atoms with Gasteiger partial charge in [-0.1, -0.05) is 53.7 Å². The Kier molecular flexibility index (Phi) is 6.59. The number of anilines is 1. The molecule has 9 heteroatoms. The first-order valence-corrected chi connectivity index (χ1v) is 10.8. The number of hydrogen-bond donors (Lipinski definition) is 1. The first-order chi connectivity index (χ1) is 15.1. The highest BCUT2D eigenvalue weighted by molar-refractivity contribution is 7.99. The summed E-state index contributed by atoms with van der Waals surface area (Å²) in [5, 5.41) is 12.5. The third kappa shape index (κ3) is 5.10. The summed E-state index contributed by atoms with van der Waals surface area (Å²) in [6.07, 6.45) is 1.59. The van der Waals surface area contributed by atoms with Crippen LogP contribution in [0.15, 0.2) is 76.5 Å². The van der Waals surface area contributed by atoms with Crippen molar-refractivity contribution in [2.45, 2.75) is 11.7 Å². The Hall–Kier alpha value is -3.23. The number of carbonyl (C=O) groups excluding carboxylic acids is 1. The summed E-state index contributed by atoms with van der Waals surface area (Å²) in [5.41, 5.74) is 1.60. The largest absolute Gasteiger partial charge is 0.495 e. The van der Waals surface area contributed by atoms with Crippen LogP contribution in [0, 0.1) is 0 Å². The molecule has 0 unspecified atom stereocenters. The molecule has 4 rings (SSSR count). The number of nitrogens with zero attached hydrogens (tertiary/aromatic N) is 3. The Morgan fingerprint density at radius 2 is 2.00 bits per heavy atom. The van der Waals surface area contributed by atoms with Crippen molar-refractivity contribution < 1.29 is 13.9 Å². The molecule has 0 atom stereocenters. The SMILES string of the molecule is COc1ccc(Cl)cc1NC(=O)CSc1nnc(-c2ccco2)n1Cc1ccccc1. The molecular weight excluding hydrogens is 436 g/mol. The smallest absolute Gasteiger partial charge is 0.234 e. The van der Waals surface area contributed by atoms with Crippen molar-refractivity contribution in [3.8, 4) is 17.3 Å². The predicted molar refractivity (Wildman–Crippen MR) is 121 cm³/mol. The summed E-state index contributed by atoms with van der Waals surface area (Å²) < 4.78 is 12.7. The number of carbonyl (C=O) groups is 1. The van der Waals surface area contributed by atoms with E-state index in [1.165, 1.54) is 18.9 Å². The average molecular weight is 455 g/mol. The van der Waals surface area contributed by atoms with Crippen LogP contribution in [0.4, 0.5) is 5.69 Å². The van der Waals surface area contributed by atoms with E-state index in [9.17, 15) is 4.79 Å². The van der Waals surface area contributed by atoms with Crippen molar-refractivity contribution in [3.63, 3.8) is 0 Å². The molecule has 0 fully saturated rings. The van der Waals surface area contributed by atoms with Gasteiger partial charge >= 0.3 is 0 Å². The number of ether oxygens (including phenoxy) is 1. The van der Waals surface area contributed by atoms with Crippen LogP contribution in [0.1, 0.15) is 5.56 Å². The van der Waals surface area contributed by atoms with E-state index in [-0.39, 0.29) is 11.7 Å². The fraction of sp³-hybridized carbons (Fsp3) is 0.136. The molecule has 0 radical (unpaired) electrons. The Morgan fingerprint density at radius 1 is 1.16 bits per heavy atom. The third-order valence-electron chi connectivity index (χ3n) is 4.41. The lowest BCUT2D eigenvalue weighted by Gasteiger charge is -2.11. The Labute approximate surface area is 188 Å². The van der Waals surface area contributed by atoms with Gasteiger partial charge in [0, 0.05) is 5.02 Å². The van der Waals surface area contributed by atoms with E-state index < -0.39 is 0 Å². The van der Waals surface area contributed by atoms with Crippen LogP contribution in [0.2, 0.25) is 5.02 Å². The predicted octanol–water partition coefficient (Wildman–Crippen LogP) is 4.98. The molecule has 0 saturated carbocycles. The highest BCUT2D eigenvalue weighted by atomic mass is 35.5. The topological polar surface area (TPSA) is 82.2 Å². The quantitative estimate of drug-likeness (QED) is 0.378. The molecule has 31 heavy (non-hydrogen) atoms. The Morgan fingerprint density at radius 3 is 2.74 bits per heavy atom. The van der Waals surface area contributed by atoms with Gasteiger partial charge < -0.3 is 14.5 Å². The molecule has 0 aliphatic heterocycles. The lowest BCUT2D eigenvalue weighted by atomic mass is 10.2. The number of rotatable bonds is 8. The first-order valence-electron chi connectivity index (χ1n) is 9.41. The van der Waals surface area contributed by atoms with Crippen LogP contribution < -0.4 is 10.1 Å². The number of nitrogens with one attached hydrogen (secondary N) is 1. The standard InChI is InChI=1S/C22H19ClN4O3S/c1-29-18-10-9-16(23)12-17(18)24-20(28)14-31-22-26-25-21(19-8-5-11-30-19)27(22)13-15-6-3-2-4-7-15/h2-12H,13-14H2,1H3,(H,24,28). The van der Waals surface area contributed by atoms with E-state index in [0.717, 1.165) is 5.56 Å². The van der Waals surface area contributed by atoms with Crippen molar-refractivity contribution in [2.24, 2.45) is 0 Å². The van der Waals surface area contributed by atoms with E-state index in [2.05, 4.69) is 15.5 Å². The van der Waals surface area contributed by atoms with Gasteiger partial charge in [0.25, 0.3) is 0 Å². The number of amides is 1. The third-order valence-corrected chi connectivity index (χ3v) is 5.61. The van der Waals surface area contributed by atoms with E-state index in [1.54, 1.807) is 30.5 Å². The zero-order chi connectivity index (χ0) is 21.6. The zero-order valence-electron chi connectivity index (χ0n) is 16.6. The molecule has 158 valence electrons. The average Bonchev–Trinajstić information content (AvgIpc) is 3.43. The number of halogens is 1. The van der Waals surface area contributed by atoms with Gasteiger partial charge in [0.15, 0.2) is 10.9 Å². The second kappa shape index (κ2) is 9.72. The monoisotopic (exact) mass is 454 g/mol. The Balaban J connectivity index is 1.52. The second-order valence-corrected chi connectivity index (χ2v) is 7.92. The van der Waals surface area contributed by atoms with E-state index in [4.69, 9.17) is 20.8 Å². The van der Waals surface area contributed by atoms with Gasteiger partial charge in [-0.15, -0.1) is 10.2 Å². The van der Waals surface area contributed by atoms with Gasteiger partial charge in [0.1, 0.15) is 5.75 Å². The van der Waals surface area contributed by atoms with Crippen LogP contribution >= 0.6 is 23.4 Å². The van der Waals surface area contributed by atoms with Gasteiger partial charge in [-0.3, -0.25) is 9.36 Å². The fourth-order valence-corrected chi connectivity index (χ4v) is 3.90. The second-order valence-electron chi connectivity index (χ2n) is 6.54. The molecular formula is C22H19ClN4O3S. The highest BCUT2D eigenvalue weighted by Crippen LogP contribution is 2.29. The minimum absolute atomic E-state index is 0.140. The fourth-order valence-electron chi connectivity index (χ4n) is 2.99. The van der Waals surface area contributed by atoms with Crippen LogP contribution in [0.5, 0.6) is 5.75 Å². The molecule has 4 aromatic rings. The number of furan rings is 1. The summed E-state index contributed by atoms with van der Waals surface area (Å²) in [6.45, 7) is 0.552. The molecule has 0 bridgehead atoms. The molecule has 0 aliphatic rings. The summed E-state index contributed by atoms with van der Waals surface area (Å²) in [6, 6.07) is 18.7. The minimum atomic E-state index is -0.209. The number of hydrogen-bond acceptors (Lipinski definition) is 6. The van der Waals surface area contributed by atoms with Crippen molar-refractivity contribution in [3.05, 3.63) is 77.5 Å². The minimum Gasteiger partial charge on any atom is -0.495 e. The molecule has 2 aromatic heterocycles. The van der Waals surface area contributed by atoms with Gasteiger partial charge in [0.2, 0.25) is 11.7 Å². The van der Waals surface area contributed by atoms with Crippen molar-refractivity contribution in [1.82, 2.24) is 14.8 Å². The van der Waals surface area contributed by atoms with Gasteiger partial charge in [-0.25, -0.2) is 0 Å². The molecule has 2 heterocycles. The van der Waals surface area contributed by atoms with Gasteiger partial charge in [-0.2, -0.15) is 0 Å². The lowest BCUT2D eigenvalue weighted by molar-refractivity contribution is -0.113. The number of aromatic nitrogens is 3. The molecule has 1 amide bonds. The van der Waals surface area contributed by atoms with Gasteiger partial charge in [-0.05, 0) is 35.9 Å². The van der Waals surface area contributed by atoms with Crippen molar-refractivity contribution in [2.75, 3.05) is 18.2 Å². The van der Waals surface area contributed by atoms with Crippen LogP contribution in [0.3, 0.4) is 0 Å². The first kappa shape index (κ1) is 21.0. The molecule has 1 N–H and O–H groups in total. The van der Waals surface area contributed by atoms with Crippen LogP contribution in [-0.4, -0.2) is 33.5 Å². The van der Waals surface area contributed by atoms with Gasteiger partial charge in [0.05, 0.1) is 31.4 Å². The van der Waals surface area contributed by atoms with Crippen LogP contribution in [0.25, 0.3) is 11.6 Å². The zero-order valence-corrected chi connectivity index (χ0v) is 18.2. The normalized spacial score (nSPS) is 10.8. The van der Waals surface area contributed by atoms with E-state index in [1.807, 2.05) is 41.0 Å². The molecule has 2 aromatic carbocycles. The maximum atomic E-state index is 12.6.